The molecule has 0 heterocycles. The molecule has 1 aromatic rings. The quantitative estimate of drug-likeness (QED) is 0.861. The fourth-order valence-corrected chi connectivity index (χ4v) is 2.81. The molecule has 0 spiro atoms. The molecule has 0 aliphatic heterocycles. The van der Waals surface area contributed by atoms with Crippen LogP contribution in [0.25, 0.3) is 0 Å². The molecule has 1 unspecified atom stereocenters. The molecule has 1 fully saturated rings. The molecule has 1 saturated carbocycles. The summed E-state index contributed by atoms with van der Waals surface area (Å²) in [6.07, 6.45) is 3.02. The molecule has 4 heteroatoms. The lowest BCUT2D eigenvalue weighted by Gasteiger charge is -2.27. The Morgan fingerprint density at radius 3 is 2.45 bits per heavy atom. The summed E-state index contributed by atoms with van der Waals surface area (Å²) in [5, 5.41) is 13.2. The number of hydrogen-bond donors (Lipinski definition) is 2. The van der Waals surface area contributed by atoms with Crippen LogP contribution in [0.1, 0.15) is 37.3 Å². The highest BCUT2D eigenvalue weighted by atomic mass is 16.3. The molecule has 20 heavy (non-hydrogen) atoms. The van der Waals surface area contributed by atoms with Crippen molar-refractivity contribution in [3.05, 3.63) is 35.9 Å². The van der Waals surface area contributed by atoms with Crippen LogP contribution < -0.4 is 5.32 Å². The zero-order valence-corrected chi connectivity index (χ0v) is 12.3. The monoisotopic (exact) mass is 276 g/mol. The first kappa shape index (κ1) is 15.0. The molecule has 0 radical (unpaired) electrons. The van der Waals surface area contributed by atoms with Crippen LogP contribution in [0.15, 0.2) is 30.3 Å². The maximum absolute atomic E-state index is 12.1. The van der Waals surface area contributed by atoms with Crippen LogP contribution in [0.3, 0.4) is 0 Å². The van der Waals surface area contributed by atoms with E-state index in [2.05, 4.69) is 22.3 Å². The number of carbonyl (C=O) groups excluding carboxylic acids is 1. The molecule has 1 aromatic carbocycles. The smallest absolute Gasteiger partial charge is 0.252 e. The van der Waals surface area contributed by atoms with Gasteiger partial charge in [0.25, 0.3) is 5.91 Å². The summed E-state index contributed by atoms with van der Waals surface area (Å²) in [6, 6.07) is 10.2. The summed E-state index contributed by atoms with van der Waals surface area (Å²) >= 11 is 0. The number of aliphatic hydroxyl groups is 1. The van der Waals surface area contributed by atoms with E-state index >= 15 is 0 Å². The van der Waals surface area contributed by atoms with Crippen molar-refractivity contribution in [1.82, 2.24) is 10.2 Å². The molecule has 4 nitrogen and oxygen atoms in total. The molecular weight excluding hydrogens is 252 g/mol. The van der Waals surface area contributed by atoms with Crippen LogP contribution in [0.4, 0.5) is 0 Å². The molecule has 1 amide bonds. The summed E-state index contributed by atoms with van der Waals surface area (Å²) < 4.78 is 0. The Labute approximate surface area is 120 Å². The van der Waals surface area contributed by atoms with Gasteiger partial charge in [-0.1, -0.05) is 30.3 Å². The molecule has 2 N–H and O–H groups in total. The fourth-order valence-electron chi connectivity index (χ4n) is 2.81. The van der Waals surface area contributed by atoms with Crippen LogP contribution in [0.2, 0.25) is 0 Å². The predicted octanol–water partition coefficient (Wildman–Crippen LogP) is 1.71. The Bertz CT molecular complexity index is 439. The fraction of sp³-hybridized carbons (Fsp3) is 0.562. The van der Waals surface area contributed by atoms with Crippen molar-refractivity contribution in [2.75, 3.05) is 20.6 Å². The maximum Gasteiger partial charge on any atom is 0.252 e. The first-order chi connectivity index (χ1) is 9.53. The average molecular weight is 276 g/mol. The Balaban J connectivity index is 1.98. The molecular formula is C16H24N2O2. The van der Waals surface area contributed by atoms with Gasteiger partial charge in [0.05, 0.1) is 6.04 Å². The number of nitrogens with one attached hydrogen (secondary N) is 1. The first-order valence-corrected chi connectivity index (χ1v) is 7.25. The van der Waals surface area contributed by atoms with Crippen molar-refractivity contribution in [2.45, 2.75) is 37.3 Å². The minimum atomic E-state index is -1.15. The van der Waals surface area contributed by atoms with E-state index in [1.54, 1.807) is 0 Å². The average Bonchev–Trinajstić information content (AvgIpc) is 2.88. The van der Waals surface area contributed by atoms with Gasteiger partial charge in [-0.25, -0.2) is 0 Å². The number of rotatable bonds is 5. The van der Waals surface area contributed by atoms with Crippen molar-refractivity contribution in [3.8, 4) is 0 Å². The van der Waals surface area contributed by atoms with Crippen molar-refractivity contribution >= 4 is 5.91 Å². The van der Waals surface area contributed by atoms with Crippen LogP contribution in [0, 0.1) is 0 Å². The summed E-state index contributed by atoms with van der Waals surface area (Å²) in [5.74, 6) is -0.224. The topological polar surface area (TPSA) is 52.6 Å². The highest BCUT2D eigenvalue weighted by Gasteiger charge is 2.38. The predicted molar refractivity (Wildman–Crippen MR) is 79.3 cm³/mol. The molecule has 110 valence electrons. The summed E-state index contributed by atoms with van der Waals surface area (Å²) in [6.45, 7) is 0.512. The van der Waals surface area contributed by atoms with E-state index in [4.69, 9.17) is 0 Å². The lowest BCUT2D eigenvalue weighted by Crippen LogP contribution is -2.47. The number of hydrogen-bond acceptors (Lipinski definition) is 3. The van der Waals surface area contributed by atoms with E-state index in [-0.39, 0.29) is 11.9 Å². The van der Waals surface area contributed by atoms with E-state index in [1.165, 1.54) is 0 Å². The van der Waals surface area contributed by atoms with Crippen LogP contribution >= 0.6 is 0 Å². The number of nitrogens with zero attached hydrogens (tertiary/aromatic N) is 1. The molecule has 1 aliphatic carbocycles. The van der Waals surface area contributed by atoms with Gasteiger partial charge in [0.2, 0.25) is 0 Å². The van der Waals surface area contributed by atoms with Gasteiger partial charge in [-0.15, -0.1) is 0 Å². The van der Waals surface area contributed by atoms with Crippen molar-refractivity contribution in [2.24, 2.45) is 0 Å². The minimum absolute atomic E-state index is 0.116. The van der Waals surface area contributed by atoms with E-state index in [0.717, 1.165) is 18.4 Å². The normalized spacial score (nSPS) is 19.0. The largest absolute Gasteiger partial charge is 0.380 e. The van der Waals surface area contributed by atoms with Gasteiger partial charge >= 0.3 is 0 Å². The van der Waals surface area contributed by atoms with Gasteiger partial charge in [-0.3, -0.25) is 4.79 Å². The van der Waals surface area contributed by atoms with Crippen LogP contribution in [0.5, 0.6) is 0 Å². The highest BCUT2D eigenvalue weighted by Crippen LogP contribution is 2.29. The zero-order valence-electron chi connectivity index (χ0n) is 12.3. The highest BCUT2D eigenvalue weighted by molar-refractivity contribution is 5.85. The number of likely N-dealkylation sites (N-methyl/N-ethyl adjacent to an activating group) is 1. The van der Waals surface area contributed by atoms with Gasteiger partial charge < -0.3 is 15.3 Å². The van der Waals surface area contributed by atoms with Gasteiger partial charge in [0.1, 0.15) is 5.60 Å². The summed E-state index contributed by atoms with van der Waals surface area (Å²) in [5.41, 5.74) is 0.0179. The SMILES string of the molecule is CN(C)C(CNC(=O)C1(O)CCCC1)c1ccccc1. The second kappa shape index (κ2) is 6.37. The van der Waals surface area contributed by atoms with Gasteiger partial charge in [-0.2, -0.15) is 0 Å². The van der Waals surface area contributed by atoms with Crippen LogP contribution in [-0.4, -0.2) is 42.2 Å². The first-order valence-electron chi connectivity index (χ1n) is 7.25. The Morgan fingerprint density at radius 2 is 1.90 bits per heavy atom. The van der Waals surface area contributed by atoms with E-state index in [0.29, 0.717) is 19.4 Å². The standard InChI is InChI=1S/C16H24N2O2/c1-18(2)14(13-8-4-3-5-9-13)12-17-15(19)16(20)10-6-7-11-16/h3-5,8-9,14,20H,6-7,10-12H2,1-2H3,(H,17,19). The van der Waals surface area contributed by atoms with Gasteiger partial charge in [0.15, 0.2) is 0 Å². The summed E-state index contributed by atoms with van der Waals surface area (Å²) in [4.78, 5) is 14.2. The summed E-state index contributed by atoms with van der Waals surface area (Å²) in [7, 11) is 3.99. The minimum Gasteiger partial charge on any atom is -0.380 e. The Hall–Kier alpha value is -1.39. The van der Waals surface area contributed by atoms with Crippen molar-refractivity contribution in [3.63, 3.8) is 0 Å². The Morgan fingerprint density at radius 1 is 1.30 bits per heavy atom. The lowest BCUT2D eigenvalue weighted by molar-refractivity contribution is -0.139. The van der Waals surface area contributed by atoms with Gasteiger partial charge in [0, 0.05) is 6.54 Å². The molecule has 2 rings (SSSR count). The second-order valence-corrected chi connectivity index (χ2v) is 5.84. The maximum atomic E-state index is 12.1. The van der Waals surface area contributed by atoms with Crippen LogP contribution in [-0.2, 0) is 4.79 Å². The molecule has 1 aliphatic rings. The molecule has 1 atom stereocenters. The number of carbonyl (C=O) groups is 1. The van der Waals surface area contributed by atoms with E-state index in [9.17, 15) is 9.90 Å². The third-order valence-electron chi connectivity index (χ3n) is 4.12. The van der Waals surface area contributed by atoms with Gasteiger partial charge in [-0.05, 0) is 45.3 Å². The zero-order chi connectivity index (χ0) is 14.6. The van der Waals surface area contributed by atoms with Crippen molar-refractivity contribution < 1.29 is 9.90 Å². The number of amides is 1. The Kier molecular flexibility index (Phi) is 4.78. The third-order valence-corrected chi connectivity index (χ3v) is 4.12. The molecule has 0 bridgehead atoms. The molecule has 0 aromatic heterocycles. The third kappa shape index (κ3) is 3.38. The molecule has 0 saturated heterocycles. The lowest BCUT2D eigenvalue weighted by atomic mass is 10.0. The second-order valence-electron chi connectivity index (χ2n) is 5.84. The van der Waals surface area contributed by atoms with E-state index < -0.39 is 5.60 Å². The van der Waals surface area contributed by atoms with E-state index in [1.807, 2.05) is 32.3 Å². The number of benzene rings is 1. The van der Waals surface area contributed by atoms with Crippen molar-refractivity contribution in [1.29, 1.82) is 0 Å².